The van der Waals surface area contributed by atoms with Crippen LogP contribution in [0, 0.1) is 0 Å². The highest BCUT2D eigenvalue weighted by Crippen LogP contribution is 2.10. The molecule has 1 aromatic rings. The van der Waals surface area contributed by atoms with Crippen molar-refractivity contribution in [2.45, 2.75) is 25.8 Å². The molecule has 88 valence electrons. The van der Waals surface area contributed by atoms with E-state index in [0.717, 1.165) is 5.56 Å². The fourth-order valence-electron chi connectivity index (χ4n) is 1.26. The molecule has 0 atom stereocenters. The molecular formula is C12H17NO3. The first kappa shape index (κ1) is 12.5. The summed E-state index contributed by atoms with van der Waals surface area (Å²) < 4.78 is 0. The smallest absolute Gasteiger partial charge is 0.224 e. The van der Waals surface area contributed by atoms with Crippen LogP contribution in [0.1, 0.15) is 19.4 Å². The molecule has 1 rings (SSSR count). The molecule has 0 aromatic heterocycles. The number of amides is 1. The van der Waals surface area contributed by atoms with Crippen LogP contribution in [-0.2, 0) is 11.2 Å². The molecule has 0 aliphatic heterocycles. The molecule has 1 aromatic carbocycles. The first-order valence-corrected chi connectivity index (χ1v) is 5.13. The number of aliphatic hydroxyl groups excluding tert-OH is 1. The summed E-state index contributed by atoms with van der Waals surface area (Å²) >= 11 is 0. The van der Waals surface area contributed by atoms with Crippen molar-refractivity contribution >= 4 is 5.91 Å². The number of hydrogen-bond donors (Lipinski definition) is 3. The number of carbonyl (C=O) groups excluding carboxylic acids is 1. The number of phenolic OH excluding ortho intramolecular Hbond substituents is 1. The predicted molar refractivity (Wildman–Crippen MR) is 61.1 cm³/mol. The second kappa shape index (κ2) is 4.99. The van der Waals surface area contributed by atoms with Crippen LogP contribution in [0.2, 0.25) is 0 Å². The van der Waals surface area contributed by atoms with Gasteiger partial charge in [-0.1, -0.05) is 12.1 Å². The van der Waals surface area contributed by atoms with E-state index in [2.05, 4.69) is 5.32 Å². The third kappa shape index (κ3) is 3.90. The maximum atomic E-state index is 11.6. The molecule has 16 heavy (non-hydrogen) atoms. The lowest BCUT2D eigenvalue weighted by atomic mass is 10.1. The molecule has 0 saturated heterocycles. The Morgan fingerprint density at radius 1 is 1.31 bits per heavy atom. The highest BCUT2D eigenvalue weighted by atomic mass is 16.3. The highest BCUT2D eigenvalue weighted by molar-refractivity contribution is 5.79. The maximum absolute atomic E-state index is 11.6. The quantitative estimate of drug-likeness (QED) is 0.708. The third-order valence-corrected chi connectivity index (χ3v) is 2.17. The first-order valence-electron chi connectivity index (χ1n) is 5.13. The van der Waals surface area contributed by atoms with Crippen LogP contribution in [0.4, 0.5) is 0 Å². The minimum atomic E-state index is -0.603. The van der Waals surface area contributed by atoms with Crippen LogP contribution in [-0.4, -0.2) is 28.3 Å². The van der Waals surface area contributed by atoms with Gasteiger partial charge in [-0.15, -0.1) is 0 Å². The summed E-state index contributed by atoms with van der Waals surface area (Å²) in [5.41, 5.74) is 0.220. The molecule has 3 N–H and O–H groups in total. The van der Waals surface area contributed by atoms with Crippen LogP contribution in [0.5, 0.6) is 5.75 Å². The van der Waals surface area contributed by atoms with Crippen molar-refractivity contribution in [2.24, 2.45) is 0 Å². The average molecular weight is 223 g/mol. The number of carbonyl (C=O) groups is 1. The number of hydrogen-bond acceptors (Lipinski definition) is 3. The minimum Gasteiger partial charge on any atom is -0.508 e. The highest BCUT2D eigenvalue weighted by Gasteiger charge is 2.18. The van der Waals surface area contributed by atoms with Gasteiger partial charge in [0.1, 0.15) is 5.75 Å². The normalized spacial score (nSPS) is 11.2. The van der Waals surface area contributed by atoms with Crippen LogP contribution in [0.25, 0.3) is 0 Å². The SMILES string of the molecule is CC(C)(CO)NC(=O)Cc1ccc(O)cc1. The third-order valence-electron chi connectivity index (χ3n) is 2.17. The van der Waals surface area contributed by atoms with Crippen LogP contribution in [0.3, 0.4) is 0 Å². The zero-order chi connectivity index (χ0) is 12.2. The molecule has 1 amide bonds. The van der Waals surface area contributed by atoms with Crippen molar-refractivity contribution < 1.29 is 15.0 Å². The van der Waals surface area contributed by atoms with Crippen LogP contribution >= 0.6 is 0 Å². The van der Waals surface area contributed by atoms with Crippen LogP contribution < -0.4 is 5.32 Å². The lowest BCUT2D eigenvalue weighted by Gasteiger charge is -2.23. The Morgan fingerprint density at radius 2 is 1.88 bits per heavy atom. The Hall–Kier alpha value is -1.55. The molecule has 0 aliphatic rings. The molecule has 0 bridgehead atoms. The number of nitrogens with one attached hydrogen (secondary N) is 1. The van der Waals surface area contributed by atoms with E-state index in [1.165, 1.54) is 0 Å². The molecule has 0 saturated carbocycles. The molecule has 0 heterocycles. The monoisotopic (exact) mass is 223 g/mol. The van der Waals surface area contributed by atoms with E-state index < -0.39 is 5.54 Å². The van der Waals surface area contributed by atoms with Crippen molar-refractivity contribution in [1.82, 2.24) is 5.32 Å². The van der Waals surface area contributed by atoms with Gasteiger partial charge in [0.05, 0.1) is 18.6 Å². The Labute approximate surface area is 94.9 Å². The van der Waals surface area contributed by atoms with Gasteiger partial charge in [-0.05, 0) is 31.5 Å². The van der Waals surface area contributed by atoms with Gasteiger partial charge in [0.2, 0.25) is 5.91 Å². The summed E-state index contributed by atoms with van der Waals surface area (Å²) in [7, 11) is 0. The van der Waals surface area contributed by atoms with Gasteiger partial charge < -0.3 is 15.5 Å². The van der Waals surface area contributed by atoms with E-state index in [1.54, 1.807) is 38.1 Å². The minimum absolute atomic E-state index is 0.103. The lowest BCUT2D eigenvalue weighted by molar-refractivity contribution is -0.122. The molecular weight excluding hydrogens is 206 g/mol. The Balaban J connectivity index is 2.55. The van der Waals surface area contributed by atoms with Gasteiger partial charge in [0, 0.05) is 0 Å². The molecule has 4 nitrogen and oxygen atoms in total. The molecule has 0 unspecified atom stereocenters. The standard InChI is InChI=1S/C12H17NO3/c1-12(2,8-14)13-11(16)7-9-3-5-10(15)6-4-9/h3-6,14-15H,7-8H2,1-2H3,(H,13,16). The van der Waals surface area contributed by atoms with Gasteiger partial charge in [0.25, 0.3) is 0 Å². The van der Waals surface area contributed by atoms with Crippen LogP contribution in [0.15, 0.2) is 24.3 Å². The number of benzene rings is 1. The topological polar surface area (TPSA) is 69.6 Å². The zero-order valence-electron chi connectivity index (χ0n) is 9.53. The fraction of sp³-hybridized carbons (Fsp3) is 0.417. The fourth-order valence-corrected chi connectivity index (χ4v) is 1.26. The number of aromatic hydroxyl groups is 1. The van der Waals surface area contributed by atoms with Crippen molar-refractivity contribution in [3.8, 4) is 5.75 Å². The van der Waals surface area contributed by atoms with E-state index in [1.807, 2.05) is 0 Å². The Morgan fingerprint density at radius 3 is 2.38 bits per heavy atom. The number of phenols is 1. The molecule has 0 aliphatic carbocycles. The second-order valence-corrected chi connectivity index (χ2v) is 4.43. The maximum Gasteiger partial charge on any atom is 0.224 e. The average Bonchev–Trinajstić information content (AvgIpc) is 2.21. The van der Waals surface area contributed by atoms with Gasteiger partial charge in [-0.3, -0.25) is 4.79 Å². The molecule has 0 fully saturated rings. The molecule has 0 spiro atoms. The van der Waals surface area contributed by atoms with E-state index in [9.17, 15) is 4.79 Å². The molecule has 4 heteroatoms. The lowest BCUT2D eigenvalue weighted by Crippen LogP contribution is -2.46. The van der Waals surface area contributed by atoms with E-state index in [0.29, 0.717) is 0 Å². The Bertz CT molecular complexity index is 357. The first-order chi connectivity index (χ1) is 7.43. The molecule has 0 radical (unpaired) electrons. The van der Waals surface area contributed by atoms with Gasteiger partial charge in [0.15, 0.2) is 0 Å². The van der Waals surface area contributed by atoms with E-state index in [4.69, 9.17) is 10.2 Å². The van der Waals surface area contributed by atoms with E-state index in [-0.39, 0.29) is 24.7 Å². The van der Waals surface area contributed by atoms with Crippen molar-refractivity contribution in [3.63, 3.8) is 0 Å². The number of rotatable bonds is 4. The van der Waals surface area contributed by atoms with Gasteiger partial charge in [-0.2, -0.15) is 0 Å². The summed E-state index contributed by atoms with van der Waals surface area (Å²) in [6.45, 7) is 3.40. The van der Waals surface area contributed by atoms with Crippen molar-refractivity contribution in [3.05, 3.63) is 29.8 Å². The van der Waals surface area contributed by atoms with Gasteiger partial charge in [-0.25, -0.2) is 0 Å². The second-order valence-electron chi connectivity index (χ2n) is 4.43. The number of aliphatic hydroxyl groups is 1. The van der Waals surface area contributed by atoms with Gasteiger partial charge >= 0.3 is 0 Å². The summed E-state index contributed by atoms with van der Waals surface area (Å²) in [5.74, 6) is 0.0320. The van der Waals surface area contributed by atoms with Crippen molar-refractivity contribution in [2.75, 3.05) is 6.61 Å². The summed E-state index contributed by atoms with van der Waals surface area (Å²) in [5, 5.41) is 20.8. The summed E-state index contributed by atoms with van der Waals surface area (Å²) in [6.07, 6.45) is 0.240. The summed E-state index contributed by atoms with van der Waals surface area (Å²) in [6, 6.07) is 6.47. The predicted octanol–water partition coefficient (Wildman–Crippen LogP) is 0.822. The Kier molecular flexibility index (Phi) is 3.90. The zero-order valence-corrected chi connectivity index (χ0v) is 9.53. The van der Waals surface area contributed by atoms with E-state index >= 15 is 0 Å². The largest absolute Gasteiger partial charge is 0.508 e. The summed E-state index contributed by atoms with van der Waals surface area (Å²) in [4.78, 5) is 11.6. The van der Waals surface area contributed by atoms with Crippen molar-refractivity contribution in [1.29, 1.82) is 0 Å².